The van der Waals surface area contributed by atoms with Gasteiger partial charge in [0.25, 0.3) is 0 Å². The fourth-order valence-corrected chi connectivity index (χ4v) is 1.78. The van der Waals surface area contributed by atoms with E-state index in [1.807, 2.05) is 6.07 Å². The monoisotopic (exact) mass is 178 g/mol. The Hall–Kier alpha value is -1.09. The minimum absolute atomic E-state index is 0.544. The van der Waals surface area contributed by atoms with E-state index in [9.17, 15) is 0 Å². The maximum absolute atomic E-state index is 5.80. The zero-order chi connectivity index (χ0) is 9.10. The van der Waals surface area contributed by atoms with Crippen molar-refractivity contribution in [2.45, 2.75) is 18.8 Å². The second-order valence-corrected chi connectivity index (χ2v) is 3.36. The second-order valence-electron chi connectivity index (χ2n) is 3.36. The van der Waals surface area contributed by atoms with Gasteiger partial charge in [-0.25, -0.2) is 4.98 Å². The Morgan fingerprint density at radius 3 is 2.85 bits per heavy atom. The molecule has 1 saturated heterocycles. The van der Waals surface area contributed by atoms with Crippen LogP contribution in [0.3, 0.4) is 0 Å². The van der Waals surface area contributed by atoms with Gasteiger partial charge in [-0.15, -0.1) is 0 Å². The molecule has 0 unspecified atom stereocenters. The minimum atomic E-state index is 0.544. The van der Waals surface area contributed by atoms with E-state index in [0.29, 0.717) is 11.7 Å². The zero-order valence-electron chi connectivity index (χ0n) is 7.57. The van der Waals surface area contributed by atoms with Crippen molar-refractivity contribution in [2.75, 3.05) is 18.9 Å². The molecular weight excluding hydrogens is 164 g/mol. The van der Waals surface area contributed by atoms with Crippen LogP contribution in [0.1, 0.15) is 24.3 Å². The van der Waals surface area contributed by atoms with Crippen molar-refractivity contribution in [3.05, 3.63) is 23.9 Å². The first-order valence-corrected chi connectivity index (χ1v) is 4.66. The number of nitrogens with two attached hydrogens (primary N) is 1. The number of anilines is 1. The number of ether oxygens (including phenoxy) is 1. The van der Waals surface area contributed by atoms with E-state index < -0.39 is 0 Å². The molecule has 0 spiro atoms. The molecule has 2 heterocycles. The normalized spacial score (nSPS) is 18.8. The Morgan fingerprint density at radius 1 is 1.38 bits per heavy atom. The quantitative estimate of drug-likeness (QED) is 0.710. The molecule has 1 aliphatic rings. The minimum Gasteiger partial charge on any atom is -0.383 e. The number of pyridine rings is 1. The lowest BCUT2D eigenvalue weighted by molar-refractivity contribution is 0.0854. The van der Waals surface area contributed by atoms with Gasteiger partial charge in [-0.1, -0.05) is 6.07 Å². The van der Waals surface area contributed by atoms with E-state index in [2.05, 4.69) is 11.1 Å². The van der Waals surface area contributed by atoms with E-state index in [1.54, 1.807) is 6.20 Å². The number of hydrogen-bond donors (Lipinski definition) is 1. The molecular formula is C10H14N2O. The van der Waals surface area contributed by atoms with Gasteiger partial charge in [-0.3, -0.25) is 0 Å². The Balaban J connectivity index is 2.18. The molecule has 0 saturated carbocycles. The molecule has 13 heavy (non-hydrogen) atoms. The third-order valence-corrected chi connectivity index (χ3v) is 2.53. The molecule has 0 radical (unpaired) electrons. The molecule has 0 atom stereocenters. The maximum atomic E-state index is 5.80. The van der Waals surface area contributed by atoms with Crippen LogP contribution in [0.5, 0.6) is 0 Å². The summed E-state index contributed by atoms with van der Waals surface area (Å²) in [7, 11) is 0. The van der Waals surface area contributed by atoms with Crippen molar-refractivity contribution >= 4 is 5.82 Å². The molecule has 2 rings (SSSR count). The highest BCUT2D eigenvalue weighted by Crippen LogP contribution is 2.29. The topological polar surface area (TPSA) is 48.1 Å². The van der Waals surface area contributed by atoms with Crippen molar-refractivity contribution in [2.24, 2.45) is 0 Å². The predicted octanol–water partition coefficient (Wildman–Crippen LogP) is 1.56. The van der Waals surface area contributed by atoms with Crippen LogP contribution in [-0.2, 0) is 4.74 Å². The Bertz CT molecular complexity index is 282. The van der Waals surface area contributed by atoms with Gasteiger partial charge in [0.15, 0.2) is 0 Å². The smallest absolute Gasteiger partial charge is 0.126 e. The molecule has 2 N–H and O–H groups in total. The summed E-state index contributed by atoms with van der Waals surface area (Å²) in [6, 6.07) is 4.01. The Kier molecular flexibility index (Phi) is 2.45. The summed E-state index contributed by atoms with van der Waals surface area (Å²) >= 11 is 0. The van der Waals surface area contributed by atoms with Crippen molar-refractivity contribution in [1.29, 1.82) is 0 Å². The van der Waals surface area contributed by atoms with Gasteiger partial charge in [-0.05, 0) is 30.4 Å². The summed E-state index contributed by atoms with van der Waals surface area (Å²) in [4.78, 5) is 4.09. The molecule has 0 aliphatic carbocycles. The van der Waals surface area contributed by atoms with Crippen LogP contribution in [0, 0.1) is 0 Å². The highest BCUT2D eigenvalue weighted by Gasteiger charge is 2.17. The molecule has 0 amide bonds. The van der Waals surface area contributed by atoms with Gasteiger partial charge < -0.3 is 10.5 Å². The molecule has 1 fully saturated rings. The summed E-state index contributed by atoms with van der Waals surface area (Å²) < 4.78 is 5.30. The average molecular weight is 178 g/mol. The van der Waals surface area contributed by atoms with Crippen LogP contribution in [0.4, 0.5) is 5.82 Å². The Labute approximate surface area is 77.9 Å². The summed E-state index contributed by atoms with van der Waals surface area (Å²) in [5.41, 5.74) is 6.99. The summed E-state index contributed by atoms with van der Waals surface area (Å²) in [5, 5.41) is 0. The van der Waals surface area contributed by atoms with Gasteiger partial charge in [0, 0.05) is 19.4 Å². The molecule has 1 aromatic heterocycles. The summed E-state index contributed by atoms with van der Waals surface area (Å²) in [6.45, 7) is 1.69. The molecule has 1 aromatic rings. The zero-order valence-corrected chi connectivity index (χ0v) is 7.57. The van der Waals surface area contributed by atoms with Crippen LogP contribution in [0.15, 0.2) is 18.3 Å². The van der Waals surface area contributed by atoms with Crippen LogP contribution >= 0.6 is 0 Å². The molecule has 0 aromatic carbocycles. The van der Waals surface area contributed by atoms with Crippen molar-refractivity contribution in [3.63, 3.8) is 0 Å². The first-order valence-electron chi connectivity index (χ1n) is 4.66. The van der Waals surface area contributed by atoms with Gasteiger partial charge >= 0.3 is 0 Å². The third kappa shape index (κ3) is 1.80. The summed E-state index contributed by atoms with van der Waals surface area (Å²) in [6.07, 6.45) is 3.87. The van der Waals surface area contributed by atoms with Gasteiger partial charge in [0.1, 0.15) is 5.82 Å². The van der Waals surface area contributed by atoms with E-state index in [0.717, 1.165) is 26.1 Å². The highest BCUT2D eigenvalue weighted by atomic mass is 16.5. The van der Waals surface area contributed by atoms with E-state index in [-0.39, 0.29) is 0 Å². The molecule has 70 valence electrons. The SMILES string of the molecule is Nc1ncccc1C1CCOCC1. The fraction of sp³-hybridized carbons (Fsp3) is 0.500. The van der Waals surface area contributed by atoms with E-state index in [1.165, 1.54) is 5.56 Å². The molecule has 3 nitrogen and oxygen atoms in total. The number of aromatic nitrogens is 1. The molecule has 1 aliphatic heterocycles. The maximum Gasteiger partial charge on any atom is 0.126 e. The second kappa shape index (κ2) is 3.75. The lowest BCUT2D eigenvalue weighted by Crippen LogP contribution is -2.15. The largest absolute Gasteiger partial charge is 0.383 e. The van der Waals surface area contributed by atoms with E-state index in [4.69, 9.17) is 10.5 Å². The van der Waals surface area contributed by atoms with Crippen LogP contribution in [-0.4, -0.2) is 18.2 Å². The van der Waals surface area contributed by atoms with Crippen LogP contribution < -0.4 is 5.73 Å². The average Bonchev–Trinajstić information content (AvgIpc) is 2.20. The first kappa shape index (κ1) is 8.51. The van der Waals surface area contributed by atoms with Crippen LogP contribution in [0.2, 0.25) is 0 Å². The first-order chi connectivity index (χ1) is 6.38. The van der Waals surface area contributed by atoms with E-state index >= 15 is 0 Å². The molecule has 3 heteroatoms. The lowest BCUT2D eigenvalue weighted by atomic mass is 9.92. The van der Waals surface area contributed by atoms with Crippen molar-refractivity contribution in [3.8, 4) is 0 Å². The standard InChI is InChI=1S/C10H14N2O/c11-10-9(2-1-5-12-10)8-3-6-13-7-4-8/h1-2,5,8H,3-4,6-7H2,(H2,11,12). The number of nitrogens with zero attached hydrogens (tertiary/aromatic N) is 1. The highest BCUT2D eigenvalue weighted by molar-refractivity contribution is 5.41. The van der Waals surface area contributed by atoms with Crippen molar-refractivity contribution in [1.82, 2.24) is 4.98 Å². The predicted molar refractivity (Wildman–Crippen MR) is 51.4 cm³/mol. The van der Waals surface area contributed by atoms with Gasteiger partial charge in [-0.2, -0.15) is 0 Å². The lowest BCUT2D eigenvalue weighted by Gasteiger charge is -2.22. The van der Waals surface area contributed by atoms with Crippen LogP contribution in [0.25, 0.3) is 0 Å². The Morgan fingerprint density at radius 2 is 2.15 bits per heavy atom. The number of hydrogen-bond acceptors (Lipinski definition) is 3. The fourth-order valence-electron chi connectivity index (χ4n) is 1.78. The number of rotatable bonds is 1. The van der Waals surface area contributed by atoms with Crippen molar-refractivity contribution < 1.29 is 4.74 Å². The molecule has 0 bridgehead atoms. The van der Waals surface area contributed by atoms with Gasteiger partial charge in [0.2, 0.25) is 0 Å². The van der Waals surface area contributed by atoms with Gasteiger partial charge in [0.05, 0.1) is 0 Å². The summed E-state index contributed by atoms with van der Waals surface area (Å²) in [5.74, 6) is 1.22. The third-order valence-electron chi connectivity index (χ3n) is 2.53. The number of nitrogen functional groups attached to an aromatic ring is 1.